The van der Waals surface area contributed by atoms with Crippen molar-refractivity contribution in [3.05, 3.63) is 0 Å². The van der Waals surface area contributed by atoms with Crippen LogP contribution in [-0.2, 0) is 9.53 Å². The Labute approximate surface area is 124 Å². The Bertz CT molecular complexity index is 323. The summed E-state index contributed by atoms with van der Waals surface area (Å²) in [6.07, 6.45) is 10.1. The van der Waals surface area contributed by atoms with Crippen molar-refractivity contribution in [1.82, 2.24) is 4.90 Å². The molecule has 0 aromatic rings. The van der Waals surface area contributed by atoms with Crippen LogP contribution < -0.4 is 0 Å². The lowest BCUT2D eigenvalue weighted by Gasteiger charge is -2.44. The Kier molecular flexibility index (Phi) is 5.62. The minimum Gasteiger partial charge on any atom is -0.378 e. The van der Waals surface area contributed by atoms with Gasteiger partial charge >= 0.3 is 0 Å². The average molecular weight is 281 g/mol. The third-order valence-electron chi connectivity index (χ3n) is 5.30. The number of carbonyl (C=O) groups excluding carboxylic acids is 1. The van der Waals surface area contributed by atoms with Crippen molar-refractivity contribution >= 4 is 5.78 Å². The quantitative estimate of drug-likeness (QED) is 0.747. The predicted molar refractivity (Wildman–Crippen MR) is 81.9 cm³/mol. The number of Topliss-reactive ketones (excluding diaryl/α,β-unsaturated/α-hetero) is 1. The first-order chi connectivity index (χ1) is 9.54. The van der Waals surface area contributed by atoms with Gasteiger partial charge in [-0.3, -0.25) is 9.69 Å². The van der Waals surface area contributed by atoms with Gasteiger partial charge in [-0.25, -0.2) is 0 Å². The van der Waals surface area contributed by atoms with Gasteiger partial charge in [0.15, 0.2) is 5.78 Å². The van der Waals surface area contributed by atoms with Gasteiger partial charge in [0.05, 0.1) is 11.6 Å². The zero-order valence-electron chi connectivity index (χ0n) is 13.5. The molecule has 1 aliphatic carbocycles. The van der Waals surface area contributed by atoms with Crippen molar-refractivity contribution in [1.29, 1.82) is 0 Å². The van der Waals surface area contributed by atoms with Crippen molar-refractivity contribution in [3.63, 3.8) is 0 Å². The fourth-order valence-electron chi connectivity index (χ4n) is 4.03. The molecule has 0 N–H and O–H groups in total. The minimum absolute atomic E-state index is 0.186. The predicted octanol–water partition coefficient (Wildman–Crippen LogP) is 3.42. The summed E-state index contributed by atoms with van der Waals surface area (Å²) in [5.41, 5.74) is -0.186. The molecule has 1 saturated carbocycles. The molecule has 1 aliphatic heterocycles. The van der Waals surface area contributed by atoms with Crippen LogP contribution in [0.2, 0.25) is 0 Å². The van der Waals surface area contributed by atoms with Crippen LogP contribution in [0.5, 0.6) is 0 Å². The summed E-state index contributed by atoms with van der Waals surface area (Å²) in [5.74, 6) is 1.14. The van der Waals surface area contributed by atoms with Gasteiger partial charge in [-0.05, 0) is 58.5 Å². The van der Waals surface area contributed by atoms with E-state index in [9.17, 15) is 4.79 Å². The van der Waals surface area contributed by atoms with Gasteiger partial charge in [0.1, 0.15) is 0 Å². The smallest absolute Gasteiger partial charge is 0.153 e. The van der Waals surface area contributed by atoms with Crippen LogP contribution >= 0.6 is 0 Å². The molecule has 2 aliphatic rings. The van der Waals surface area contributed by atoms with E-state index in [1.54, 1.807) is 0 Å². The van der Waals surface area contributed by atoms with E-state index in [-0.39, 0.29) is 5.54 Å². The highest BCUT2D eigenvalue weighted by atomic mass is 16.5. The second kappa shape index (κ2) is 7.04. The largest absolute Gasteiger partial charge is 0.378 e. The molecule has 0 bridgehead atoms. The molecule has 0 spiro atoms. The van der Waals surface area contributed by atoms with Gasteiger partial charge in [-0.2, -0.15) is 0 Å². The highest BCUT2D eigenvalue weighted by Crippen LogP contribution is 2.37. The first-order valence-electron chi connectivity index (χ1n) is 8.37. The van der Waals surface area contributed by atoms with E-state index in [2.05, 4.69) is 25.9 Å². The van der Waals surface area contributed by atoms with Crippen LogP contribution in [0.25, 0.3) is 0 Å². The number of rotatable bonds is 6. The van der Waals surface area contributed by atoms with Gasteiger partial charge in [0, 0.05) is 13.0 Å². The van der Waals surface area contributed by atoms with E-state index in [0.717, 1.165) is 38.7 Å². The van der Waals surface area contributed by atoms with Gasteiger partial charge in [0.25, 0.3) is 0 Å². The standard InChI is InChI=1S/C17H31NO2/c1-14-7-5-11-17(13-14,18(2)3)16(19)10-4-8-15-9-6-12-20-15/h14-15H,4-13H2,1-3H3. The lowest BCUT2D eigenvalue weighted by molar-refractivity contribution is -0.133. The summed E-state index contributed by atoms with van der Waals surface area (Å²) in [5, 5.41) is 0. The number of hydrogen-bond donors (Lipinski definition) is 0. The molecule has 2 rings (SSSR count). The number of carbonyl (C=O) groups is 1. The van der Waals surface area contributed by atoms with E-state index in [4.69, 9.17) is 4.74 Å². The van der Waals surface area contributed by atoms with Crippen LogP contribution in [0.3, 0.4) is 0 Å². The van der Waals surface area contributed by atoms with E-state index >= 15 is 0 Å². The Morgan fingerprint density at radius 1 is 1.30 bits per heavy atom. The Morgan fingerprint density at radius 3 is 2.70 bits per heavy atom. The molecule has 1 saturated heterocycles. The van der Waals surface area contributed by atoms with Crippen molar-refractivity contribution in [3.8, 4) is 0 Å². The first-order valence-corrected chi connectivity index (χ1v) is 8.37. The molecule has 3 atom stereocenters. The van der Waals surface area contributed by atoms with E-state index in [1.165, 1.54) is 25.7 Å². The van der Waals surface area contributed by atoms with Crippen LogP contribution in [0.15, 0.2) is 0 Å². The number of ketones is 1. The number of hydrogen-bond acceptors (Lipinski definition) is 3. The van der Waals surface area contributed by atoms with Crippen molar-refractivity contribution in [2.75, 3.05) is 20.7 Å². The van der Waals surface area contributed by atoms with Crippen molar-refractivity contribution in [2.45, 2.75) is 76.4 Å². The summed E-state index contributed by atoms with van der Waals surface area (Å²) < 4.78 is 5.65. The minimum atomic E-state index is -0.186. The van der Waals surface area contributed by atoms with Crippen LogP contribution in [0, 0.1) is 5.92 Å². The zero-order chi connectivity index (χ0) is 14.6. The summed E-state index contributed by atoms with van der Waals surface area (Å²) in [6.45, 7) is 3.20. The van der Waals surface area contributed by atoms with Gasteiger partial charge in [0.2, 0.25) is 0 Å². The number of ether oxygens (including phenoxy) is 1. The van der Waals surface area contributed by atoms with Gasteiger partial charge < -0.3 is 4.74 Å². The molecule has 3 nitrogen and oxygen atoms in total. The van der Waals surface area contributed by atoms with Crippen molar-refractivity contribution in [2.24, 2.45) is 5.92 Å². The molecule has 0 aromatic carbocycles. The third-order valence-corrected chi connectivity index (χ3v) is 5.30. The summed E-state index contributed by atoms with van der Waals surface area (Å²) in [7, 11) is 4.16. The molecule has 20 heavy (non-hydrogen) atoms. The molecule has 0 amide bonds. The summed E-state index contributed by atoms with van der Waals surface area (Å²) >= 11 is 0. The number of likely N-dealkylation sites (N-methyl/N-ethyl adjacent to an activating group) is 1. The highest BCUT2D eigenvalue weighted by molar-refractivity contribution is 5.88. The highest BCUT2D eigenvalue weighted by Gasteiger charge is 2.42. The zero-order valence-corrected chi connectivity index (χ0v) is 13.5. The molecule has 116 valence electrons. The SMILES string of the molecule is CC1CCCC(C(=O)CCCC2CCCO2)(N(C)C)C1. The van der Waals surface area contributed by atoms with Gasteiger partial charge in [-0.1, -0.05) is 19.8 Å². The Hall–Kier alpha value is -0.410. The Morgan fingerprint density at radius 2 is 2.10 bits per heavy atom. The van der Waals surface area contributed by atoms with Crippen LogP contribution in [0.4, 0.5) is 0 Å². The number of nitrogens with zero attached hydrogens (tertiary/aromatic N) is 1. The normalized spacial score (nSPS) is 34.6. The third kappa shape index (κ3) is 3.62. The summed E-state index contributed by atoms with van der Waals surface area (Å²) in [4.78, 5) is 15.0. The van der Waals surface area contributed by atoms with Gasteiger partial charge in [-0.15, -0.1) is 0 Å². The lowest BCUT2D eigenvalue weighted by Crippen LogP contribution is -2.53. The lowest BCUT2D eigenvalue weighted by atomic mass is 9.72. The fourth-order valence-corrected chi connectivity index (χ4v) is 4.03. The fraction of sp³-hybridized carbons (Fsp3) is 0.941. The molecule has 2 fully saturated rings. The summed E-state index contributed by atoms with van der Waals surface area (Å²) in [6, 6.07) is 0. The van der Waals surface area contributed by atoms with E-state index < -0.39 is 0 Å². The molecule has 3 unspecified atom stereocenters. The van der Waals surface area contributed by atoms with E-state index in [1.807, 2.05) is 0 Å². The first kappa shape index (κ1) is 16.0. The molecular formula is C17H31NO2. The average Bonchev–Trinajstić information content (AvgIpc) is 2.91. The maximum Gasteiger partial charge on any atom is 0.153 e. The molecule has 0 aromatic heterocycles. The second-order valence-corrected chi connectivity index (χ2v) is 7.08. The molecule has 1 heterocycles. The topological polar surface area (TPSA) is 29.5 Å². The van der Waals surface area contributed by atoms with E-state index in [0.29, 0.717) is 17.8 Å². The maximum absolute atomic E-state index is 12.8. The Balaban J connectivity index is 1.86. The molecular weight excluding hydrogens is 250 g/mol. The van der Waals surface area contributed by atoms with Crippen LogP contribution in [-0.4, -0.2) is 43.0 Å². The molecule has 0 radical (unpaired) electrons. The maximum atomic E-state index is 12.8. The van der Waals surface area contributed by atoms with Crippen LogP contribution in [0.1, 0.15) is 64.7 Å². The second-order valence-electron chi connectivity index (χ2n) is 7.08. The monoisotopic (exact) mass is 281 g/mol. The molecule has 3 heteroatoms. The van der Waals surface area contributed by atoms with Crippen molar-refractivity contribution < 1.29 is 9.53 Å².